The molecular formula is C13H16N4O2S. The highest BCUT2D eigenvalue weighted by Crippen LogP contribution is 2.26. The largest absolute Gasteiger partial charge is 0.372 e. The summed E-state index contributed by atoms with van der Waals surface area (Å²) in [5.74, 6) is 0.333. The van der Waals surface area contributed by atoms with E-state index >= 15 is 0 Å². The topological polar surface area (TPSA) is 75.2 Å². The average Bonchev–Trinajstić information content (AvgIpc) is 2.48. The summed E-state index contributed by atoms with van der Waals surface area (Å²) in [6, 6.07) is 6.47. The molecule has 0 atom stereocenters. The molecule has 106 valence electrons. The maximum Gasteiger partial charge on any atom is 0.267 e. The van der Waals surface area contributed by atoms with Gasteiger partial charge in [-0.25, -0.2) is 13.4 Å². The first-order chi connectivity index (χ1) is 9.61. The zero-order chi connectivity index (χ0) is 14.6. The number of aromatic nitrogens is 2. The second-order valence-corrected chi connectivity index (χ2v) is 5.81. The van der Waals surface area contributed by atoms with Crippen LogP contribution < -0.4 is 9.62 Å². The number of hydrogen-bond acceptors (Lipinski definition) is 5. The van der Waals surface area contributed by atoms with Gasteiger partial charge in [-0.3, -0.25) is 9.29 Å². The van der Waals surface area contributed by atoms with Gasteiger partial charge in [0.2, 0.25) is 0 Å². The molecule has 0 radical (unpaired) electrons. The second-order valence-electron chi connectivity index (χ2n) is 3.98. The molecule has 0 saturated carbocycles. The Balaban J connectivity index is 2.53. The standard InChI is InChI=1S/C13H16N4O2S/c1-3-17(11-6-9-15-10-7-11)20(18,19)12-5-4-8-16-13(12)14-2/h4-10H,3H2,1-2H3,(H,14,16). The number of rotatable bonds is 5. The highest BCUT2D eigenvalue weighted by molar-refractivity contribution is 7.93. The Hall–Kier alpha value is -2.15. The number of nitrogens with zero attached hydrogens (tertiary/aromatic N) is 3. The molecular weight excluding hydrogens is 276 g/mol. The molecule has 2 aromatic rings. The highest BCUT2D eigenvalue weighted by atomic mass is 32.2. The van der Waals surface area contributed by atoms with Crippen LogP contribution in [0.4, 0.5) is 11.5 Å². The summed E-state index contributed by atoms with van der Waals surface area (Å²) in [6.07, 6.45) is 4.68. The van der Waals surface area contributed by atoms with E-state index in [2.05, 4.69) is 15.3 Å². The van der Waals surface area contributed by atoms with Crippen molar-refractivity contribution in [2.75, 3.05) is 23.2 Å². The minimum atomic E-state index is -3.67. The van der Waals surface area contributed by atoms with E-state index in [1.807, 2.05) is 0 Å². The summed E-state index contributed by atoms with van der Waals surface area (Å²) in [5.41, 5.74) is 0.577. The zero-order valence-electron chi connectivity index (χ0n) is 11.3. The molecule has 0 spiro atoms. The maximum absolute atomic E-state index is 12.8. The Morgan fingerprint density at radius 3 is 2.50 bits per heavy atom. The molecule has 2 rings (SSSR count). The minimum absolute atomic E-state index is 0.154. The van der Waals surface area contributed by atoms with Crippen molar-refractivity contribution in [3.05, 3.63) is 42.9 Å². The van der Waals surface area contributed by atoms with Crippen LogP contribution in [0.1, 0.15) is 6.92 Å². The first-order valence-corrected chi connectivity index (χ1v) is 7.60. The average molecular weight is 292 g/mol. The molecule has 0 aliphatic heterocycles. The predicted octanol–water partition coefficient (Wildman–Crippen LogP) is 1.73. The summed E-state index contributed by atoms with van der Waals surface area (Å²) in [7, 11) is -2.02. The number of sulfonamides is 1. The number of nitrogens with one attached hydrogen (secondary N) is 1. The van der Waals surface area contributed by atoms with Gasteiger partial charge >= 0.3 is 0 Å². The Morgan fingerprint density at radius 2 is 1.90 bits per heavy atom. The Kier molecular flexibility index (Phi) is 4.19. The van der Waals surface area contributed by atoms with Gasteiger partial charge in [-0.1, -0.05) is 0 Å². The summed E-state index contributed by atoms with van der Waals surface area (Å²) in [6.45, 7) is 2.11. The van der Waals surface area contributed by atoms with Gasteiger partial charge in [0.15, 0.2) is 0 Å². The molecule has 2 aromatic heterocycles. The Morgan fingerprint density at radius 1 is 1.20 bits per heavy atom. The van der Waals surface area contributed by atoms with E-state index in [9.17, 15) is 8.42 Å². The minimum Gasteiger partial charge on any atom is -0.372 e. The maximum atomic E-state index is 12.8. The van der Waals surface area contributed by atoms with E-state index < -0.39 is 10.0 Å². The molecule has 0 unspecified atom stereocenters. The first kappa shape index (κ1) is 14.3. The van der Waals surface area contributed by atoms with E-state index in [4.69, 9.17) is 0 Å². The Labute approximate surface area is 118 Å². The number of hydrogen-bond donors (Lipinski definition) is 1. The molecule has 0 bridgehead atoms. The van der Waals surface area contributed by atoms with Crippen LogP contribution in [0.15, 0.2) is 47.8 Å². The molecule has 6 nitrogen and oxygen atoms in total. The molecule has 20 heavy (non-hydrogen) atoms. The van der Waals surface area contributed by atoms with Crippen LogP contribution in [0.25, 0.3) is 0 Å². The van der Waals surface area contributed by atoms with E-state index in [0.717, 1.165) is 0 Å². The van der Waals surface area contributed by atoms with Gasteiger partial charge in [-0.2, -0.15) is 0 Å². The highest BCUT2D eigenvalue weighted by Gasteiger charge is 2.26. The monoisotopic (exact) mass is 292 g/mol. The van der Waals surface area contributed by atoms with Crippen molar-refractivity contribution < 1.29 is 8.42 Å². The van der Waals surface area contributed by atoms with Gasteiger partial charge in [0.1, 0.15) is 10.7 Å². The van der Waals surface area contributed by atoms with Crippen molar-refractivity contribution in [2.45, 2.75) is 11.8 Å². The summed E-state index contributed by atoms with van der Waals surface area (Å²) >= 11 is 0. The lowest BCUT2D eigenvalue weighted by Gasteiger charge is -2.23. The van der Waals surface area contributed by atoms with Crippen molar-refractivity contribution in [1.82, 2.24) is 9.97 Å². The summed E-state index contributed by atoms with van der Waals surface area (Å²) in [4.78, 5) is 8.10. The SMILES string of the molecule is CCN(c1ccncc1)S(=O)(=O)c1cccnc1NC. The fraction of sp³-hybridized carbons (Fsp3) is 0.231. The lowest BCUT2D eigenvalue weighted by atomic mass is 10.4. The van der Waals surface area contributed by atoms with Crippen molar-refractivity contribution in [3.8, 4) is 0 Å². The molecule has 0 aliphatic carbocycles. The molecule has 0 amide bonds. The van der Waals surface area contributed by atoms with Crippen LogP contribution in [0.5, 0.6) is 0 Å². The van der Waals surface area contributed by atoms with Crippen LogP contribution in [-0.4, -0.2) is 32.0 Å². The van der Waals surface area contributed by atoms with Crippen molar-refractivity contribution in [2.24, 2.45) is 0 Å². The second kappa shape index (κ2) is 5.87. The van der Waals surface area contributed by atoms with Crippen LogP contribution >= 0.6 is 0 Å². The van der Waals surface area contributed by atoms with Gasteiger partial charge in [-0.15, -0.1) is 0 Å². The third-order valence-corrected chi connectivity index (χ3v) is 4.75. The molecule has 2 heterocycles. The lowest BCUT2D eigenvalue weighted by molar-refractivity contribution is 0.592. The van der Waals surface area contributed by atoms with E-state index in [0.29, 0.717) is 18.1 Å². The summed E-state index contributed by atoms with van der Waals surface area (Å²) < 4.78 is 26.9. The smallest absolute Gasteiger partial charge is 0.267 e. The van der Waals surface area contributed by atoms with Gasteiger partial charge in [0.25, 0.3) is 10.0 Å². The Bertz CT molecular complexity index is 674. The van der Waals surface area contributed by atoms with Crippen LogP contribution in [0.3, 0.4) is 0 Å². The molecule has 1 N–H and O–H groups in total. The molecule has 0 aliphatic rings. The third kappa shape index (κ3) is 2.57. The number of anilines is 2. The van der Waals surface area contributed by atoms with Gasteiger partial charge in [0, 0.05) is 32.2 Å². The van der Waals surface area contributed by atoms with Crippen molar-refractivity contribution in [1.29, 1.82) is 0 Å². The van der Waals surface area contributed by atoms with Crippen molar-refractivity contribution in [3.63, 3.8) is 0 Å². The predicted molar refractivity (Wildman–Crippen MR) is 78.2 cm³/mol. The molecule has 0 aromatic carbocycles. The van der Waals surface area contributed by atoms with E-state index in [-0.39, 0.29) is 4.90 Å². The third-order valence-electron chi connectivity index (χ3n) is 2.81. The lowest BCUT2D eigenvalue weighted by Crippen LogP contribution is -2.31. The van der Waals surface area contributed by atoms with Gasteiger partial charge in [0.05, 0.1) is 5.69 Å². The van der Waals surface area contributed by atoms with E-state index in [1.165, 1.54) is 10.4 Å². The zero-order valence-corrected chi connectivity index (χ0v) is 12.1. The quantitative estimate of drug-likeness (QED) is 0.908. The fourth-order valence-corrected chi connectivity index (χ4v) is 3.53. The number of pyridine rings is 2. The molecule has 7 heteroatoms. The van der Waals surface area contributed by atoms with Crippen LogP contribution in [0.2, 0.25) is 0 Å². The van der Waals surface area contributed by atoms with Gasteiger partial charge in [-0.05, 0) is 31.2 Å². The van der Waals surface area contributed by atoms with Gasteiger partial charge < -0.3 is 5.32 Å². The van der Waals surface area contributed by atoms with Crippen molar-refractivity contribution >= 4 is 21.5 Å². The van der Waals surface area contributed by atoms with Crippen LogP contribution in [-0.2, 0) is 10.0 Å². The fourth-order valence-electron chi connectivity index (χ4n) is 1.91. The summed E-state index contributed by atoms with van der Waals surface area (Å²) in [5, 5.41) is 2.80. The molecule has 0 saturated heterocycles. The first-order valence-electron chi connectivity index (χ1n) is 6.16. The van der Waals surface area contributed by atoms with E-state index in [1.54, 1.807) is 50.8 Å². The molecule has 0 fully saturated rings. The normalized spacial score (nSPS) is 11.1. The van der Waals surface area contributed by atoms with Crippen LogP contribution in [0, 0.1) is 0 Å².